The molecule has 1 saturated carbocycles. The number of halogens is 5. The zero-order valence-corrected chi connectivity index (χ0v) is 27.8. The molecule has 13 heteroatoms. The molecule has 0 unspecified atom stereocenters. The molecule has 0 aromatic heterocycles. The average Bonchev–Trinajstić information content (AvgIpc) is 3.01. The van der Waals surface area contributed by atoms with Crippen molar-refractivity contribution in [1.82, 2.24) is 10.2 Å². The third-order valence-corrected chi connectivity index (χ3v) is 10.6. The van der Waals surface area contributed by atoms with E-state index in [0.29, 0.717) is 15.9 Å². The van der Waals surface area contributed by atoms with Gasteiger partial charge in [-0.05, 0) is 74.2 Å². The van der Waals surface area contributed by atoms with Gasteiger partial charge in [-0.3, -0.25) is 13.9 Å². The summed E-state index contributed by atoms with van der Waals surface area (Å²) in [6, 6.07) is 13.2. The Labute approximate surface area is 277 Å². The first-order valence-corrected chi connectivity index (χ1v) is 17.2. The van der Waals surface area contributed by atoms with Gasteiger partial charge in [0.25, 0.3) is 10.0 Å². The van der Waals surface area contributed by atoms with Crippen LogP contribution >= 0.6 is 23.2 Å². The summed E-state index contributed by atoms with van der Waals surface area (Å²) in [5.41, 5.74) is -0.132. The van der Waals surface area contributed by atoms with Gasteiger partial charge in [-0.25, -0.2) is 8.42 Å². The van der Waals surface area contributed by atoms with Crippen molar-refractivity contribution in [2.75, 3.05) is 10.8 Å². The van der Waals surface area contributed by atoms with E-state index >= 15 is 0 Å². The van der Waals surface area contributed by atoms with E-state index in [1.165, 1.54) is 23.1 Å². The summed E-state index contributed by atoms with van der Waals surface area (Å²) in [5, 5.41) is 3.55. The monoisotopic (exact) mass is 697 g/mol. The summed E-state index contributed by atoms with van der Waals surface area (Å²) in [4.78, 5) is 29.0. The second-order valence-corrected chi connectivity index (χ2v) is 14.1. The summed E-state index contributed by atoms with van der Waals surface area (Å²) < 4.78 is 69.8. The van der Waals surface area contributed by atoms with Crippen molar-refractivity contribution in [1.29, 1.82) is 0 Å². The number of anilines is 1. The summed E-state index contributed by atoms with van der Waals surface area (Å²) in [6.07, 6.45) is 0.0605. The smallest absolute Gasteiger partial charge is 0.352 e. The molecule has 0 aliphatic heterocycles. The van der Waals surface area contributed by atoms with E-state index in [2.05, 4.69) is 5.32 Å². The maximum absolute atomic E-state index is 14.3. The van der Waals surface area contributed by atoms with Crippen LogP contribution in [0.25, 0.3) is 0 Å². The van der Waals surface area contributed by atoms with Crippen LogP contribution in [-0.4, -0.2) is 43.8 Å². The molecule has 2 amide bonds. The number of hydrogen-bond donors (Lipinski definition) is 1. The van der Waals surface area contributed by atoms with Gasteiger partial charge in [0.1, 0.15) is 12.6 Å². The van der Waals surface area contributed by atoms with E-state index in [4.69, 9.17) is 23.2 Å². The maximum atomic E-state index is 14.3. The molecule has 0 spiro atoms. The molecule has 3 aromatic rings. The Balaban J connectivity index is 1.76. The van der Waals surface area contributed by atoms with Crippen molar-refractivity contribution in [3.63, 3.8) is 0 Å². The number of carbonyl (C=O) groups excluding carboxylic acids is 2. The number of sulfonamides is 1. The van der Waals surface area contributed by atoms with Gasteiger partial charge in [-0.2, -0.15) is 13.2 Å². The average molecular weight is 699 g/mol. The third-order valence-electron chi connectivity index (χ3n) is 8.02. The van der Waals surface area contributed by atoms with Crippen molar-refractivity contribution in [2.24, 2.45) is 0 Å². The molecule has 4 rings (SSSR count). The van der Waals surface area contributed by atoms with Crippen LogP contribution in [0.5, 0.6) is 0 Å². The molecule has 248 valence electrons. The highest BCUT2D eigenvalue weighted by atomic mass is 35.5. The first-order chi connectivity index (χ1) is 21.7. The van der Waals surface area contributed by atoms with E-state index in [9.17, 15) is 31.2 Å². The Morgan fingerprint density at radius 3 is 2.24 bits per heavy atom. The van der Waals surface area contributed by atoms with Crippen LogP contribution in [0.3, 0.4) is 0 Å². The molecular weight excluding hydrogens is 662 g/mol. The summed E-state index contributed by atoms with van der Waals surface area (Å²) in [7, 11) is -4.54. The zero-order chi connectivity index (χ0) is 33.6. The molecule has 0 heterocycles. The number of carbonyl (C=O) groups is 2. The van der Waals surface area contributed by atoms with Crippen LogP contribution in [0.15, 0.2) is 71.6 Å². The fraction of sp³-hybridized carbons (Fsp3) is 0.394. The number of alkyl halides is 3. The van der Waals surface area contributed by atoms with Crippen LogP contribution in [0.1, 0.15) is 62.1 Å². The Kier molecular flexibility index (Phi) is 11.7. The first-order valence-electron chi connectivity index (χ1n) is 15.0. The second-order valence-electron chi connectivity index (χ2n) is 11.4. The lowest BCUT2D eigenvalue weighted by Gasteiger charge is -2.34. The molecule has 0 bridgehead atoms. The van der Waals surface area contributed by atoms with E-state index in [0.717, 1.165) is 49.8 Å². The van der Waals surface area contributed by atoms with Crippen molar-refractivity contribution in [2.45, 2.75) is 82.1 Å². The van der Waals surface area contributed by atoms with E-state index < -0.39 is 46.2 Å². The van der Waals surface area contributed by atoms with Gasteiger partial charge in [0.05, 0.1) is 26.2 Å². The van der Waals surface area contributed by atoms with Crippen LogP contribution in [0.2, 0.25) is 10.0 Å². The summed E-state index contributed by atoms with van der Waals surface area (Å²) in [6.45, 7) is 2.49. The van der Waals surface area contributed by atoms with Crippen LogP contribution in [-0.2, 0) is 32.3 Å². The Morgan fingerprint density at radius 2 is 1.63 bits per heavy atom. The molecule has 1 N–H and O–H groups in total. The van der Waals surface area contributed by atoms with Crippen molar-refractivity contribution >= 4 is 50.7 Å². The molecule has 0 saturated heterocycles. The SMILES string of the molecule is CC[C@@H](C(=O)NC1CCCCC1)N(Cc1ccc(Cl)c(Cl)c1)C(=O)CN(c1cccc(C(F)(F)F)c1)S(=O)(=O)c1ccc(C)cc1. The Bertz CT molecular complexity index is 1650. The quantitative estimate of drug-likeness (QED) is 0.222. The standard InChI is InChI=1S/C33H36Cl2F3N3O4S/c1-3-30(32(43)39-25-9-5-4-6-10-25)40(20-23-14-17-28(34)29(35)18-23)31(42)21-41(26-11-7-8-24(19-26)33(36,37)38)46(44,45)27-15-12-22(2)13-16-27/h7-8,11-19,25,30H,3-6,9-10,20-21H2,1-2H3,(H,39,43)/t30-/m0/s1. The lowest BCUT2D eigenvalue weighted by molar-refractivity contribution is -0.140. The molecule has 46 heavy (non-hydrogen) atoms. The van der Waals surface area contributed by atoms with Gasteiger partial charge >= 0.3 is 6.18 Å². The Hall–Kier alpha value is -3.28. The number of amides is 2. The predicted molar refractivity (Wildman–Crippen MR) is 173 cm³/mol. The molecule has 1 aliphatic carbocycles. The molecule has 1 aliphatic rings. The highest BCUT2D eigenvalue weighted by Gasteiger charge is 2.36. The molecular formula is C33H36Cl2F3N3O4S. The van der Waals surface area contributed by atoms with Gasteiger partial charge in [-0.1, -0.05) is 79.2 Å². The number of benzene rings is 3. The third kappa shape index (κ3) is 8.74. The molecule has 3 aromatic carbocycles. The highest BCUT2D eigenvalue weighted by molar-refractivity contribution is 7.92. The number of nitrogens with one attached hydrogen (secondary N) is 1. The minimum Gasteiger partial charge on any atom is -0.352 e. The lowest BCUT2D eigenvalue weighted by Crippen LogP contribution is -2.54. The highest BCUT2D eigenvalue weighted by Crippen LogP contribution is 2.34. The molecule has 1 atom stereocenters. The lowest BCUT2D eigenvalue weighted by atomic mass is 9.95. The molecule has 0 radical (unpaired) electrons. The summed E-state index contributed by atoms with van der Waals surface area (Å²) >= 11 is 12.3. The zero-order valence-electron chi connectivity index (χ0n) is 25.5. The Morgan fingerprint density at radius 1 is 0.957 bits per heavy atom. The van der Waals surface area contributed by atoms with Crippen LogP contribution in [0, 0.1) is 6.92 Å². The van der Waals surface area contributed by atoms with E-state index in [-0.39, 0.29) is 39.6 Å². The first kappa shape index (κ1) is 35.6. The maximum Gasteiger partial charge on any atom is 0.416 e. The summed E-state index contributed by atoms with van der Waals surface area (Å²) in [5.74, 6) is -1.18. The van der Waals surface area contributed by atoms with Gasteiger partial charge < -0.3 is 10.2 Å². The van der Waals surface area contributed by atoms with Gasteiger partial charge in [0, 0.05) is 12.6 Å². The fourth-order valence-corrected chi connectivity index (χ4v) is 7.23. The fourth-order valence-electron chi connectivity index (χ4n) is 5.50. The minimum atomic E-state index is -4.76. The van der Waals surface area contributed by atoms with E-state index in [1.54, 1.807) is 44.2 Å². The van der Waals surface area contributed by atoms with Crippen LogP contribution in [0.4, 0.5) is 18.9 Å². The topological polar surface area (TPSA) is 86.8 Å². The van der Waals surface area contributed by atoms with Crippen molar-refractivity contribution < 1.29 is 31.2 Å². The number of aryl methyl sites for hydroxylation is 1. The molecule has 1 fully saturated rings. The van der Waals surface area contributed by atoms with Gasteiger partial charge in [0.15, 0.2) is 0 Å². The normalized spacial score (nSPS) is 14.8. The van der Waals surface area contributed by atoms with Gasteiger partial charge in [-0.15, -0.1) is 0 Å². The largest absolute Gasteiger partial charge is 0.416 e. The number of rotatable bonds is 11. The van der Waals surface area contributed by atoms with Crippen LogP contribution < -0.4 is 9.62 Å². The molecule has 7 nitrogen and oxygen atoms in total. The van der Waals surface area contributed by atoms with Gasteiger partial charge in [0.2, 0.25) is 11.8 Å². The number of hydrogen-bond acceptors (Lipinski definition) is 4. The second kappa shape index (κ2) is 15.1. The minimum absolute atomic E-state index is 0.0549. The van der Waals surface area contributed by atoms with Crippen molar-refractivity contribution in [3.05, 3.63) is 93.5 Å². The van der Waals surface area contributed by atoms with E-state index in [1.807, 2.05) is 0 Å². The van der Waals surface area contributed by atoms with Crippen molar-refractivity contribution in [3.8, 4) is 0 Å². The number of nitrogens with zero attached hydrogens (tertiary/aromatic N) is 2. The predicted octanol–water partition coefficient (Wildman–Crippen LogP) is 7.77.